The zero-order valence-electron chi connectivity index (χ0n) is 10.2. The third-order valence-electron chi connectivity index (χ3n) is 2.30. The van der Waals surface area contributed by atoms with Crippen molar-refractivity contribution in [2.24, 2.45) is 0 Å². The molecule has 0 aliphatic rings. The summed E-state index contributed by atoms with van der Waals surface area (Å²) in [5.74, 6) is 0.739. The van der Waals surface area contributed by atoms with Crippen LogP contribution in [-0.2, 0) is 0 Å². The Morgan fingerprint density at radius 1 is 1.41 bits per heavy atom. The molecule has 5 nitrogen and oxygen atoms in total. The van der Waals surface area contributed by atoms with Gasteiger partial charge in [0, 0.05) is 6.04 Å². The van der Waals surface area contributed by atoms with Gasteiger partial charge in [0.05, 0.1) is 26.4 Å². The van der Waals surface area contributed by atoms with E-state index >= 15 is 0 Å². The number of aliphatic hydroxyl groups excluding tert-OH is 1. The van der Waals surface area contributed by atoms with Gasteiger partial charge in [-0.15, -0.1) is 0 Å². The van der Waals surface area contributed by atoms with Crippen molar-refractivity contribution in [1.82, 2.24) is 5.32 Å². The number of hydrogen-bond donors (Lipinski definition) is 2. The molecule has 0 spiro atoms. The van der Waals surface area contributed by atoms with Crippen LogP contribution < -0.4 is 14.8 Å². The summed E-state index contributed by atoms with van der Waals surface area (Å²) in [6.07, 6.45) is 0. The normalized spacial score (nSPS) is 11.8. The Morgan fingerprint density at radius 2 is 2.12 bits per heavy atom. The lowest BCUT2D eigenvalue weighted by Gasteiger charge is -2.13. The van der Waals surface area contributed by atoms with Crippen molar-refractivity contribution in [1.29, 1.82) is 0 Å². The van der Waals surface area contributed by atoms with E-state index in [1.807, 2.05) is 0 Å². The second-order valence-corrected chi connectivity index (χ2v) is 3.62. The number of benzene rings is 1. The van der Waals surface area contributed by atoms with Gasteiger partial charge in [-0.05, 0) is 25.1 Å². The summed E-state index contributed by atoms with van der Waals surface area (Å²) in [6, 6.07) is 4.67. The minimum Gasteiger partial charge on any atom is -0.497 e. The summed E-state index contributed by atoms with van der Waals surface area (Å²) in [7, 11) is 3.02. The number of rotatable bonds is 5. The highest BCUT2D eigenvalue weighted by Crippen LogP contribution is 2.23. The van der Waals surface area contributed by atoms with Crippen LogP contribution in [0.3, 0.4) is 0 Å². The molecule has 0 aliphatic carbocycles. The van der Waals surface area contributed by atoms with E-state index in [-0.39, 0.29) is 18.6 Å². The van der Waals surface area contributed by atoms with Crippen molar-refractivity contribution in [3.05, 3.63) is 23.8 Å². The van der Waals surface area contributed by atoms with Gasteiger partial charge in [0.25, 0.3) is 5.91 Å². The summed E-state index contributed by atoms with van der Waals surface area (Å²) in [5, 5.41) is 11.5. The van der Waals surface area contributed by atoms with Gasteiger partial charge in [0.2, 0.25) is 0 Å². The molecule has 0 saturated carbocycles. The first-order valence-corrected chi connectivity index (χ1v) is 5.26. The minimum atomic E-state index is -0.307. The fraction of sp³-hybridized carbons (Fsp3) is 0.417. The molecule has 2 N–H and O–H groups in total. The first-order chi connectivity index (χ1) is 8.12. The Morgan fingerprint density at radius 3 is 2.65 bits per heavy atom. The summed E-state index contributed by atoms with van der Waals surface area (Å²) < 4.78 is 10.2. The molecule has 1 aromatic rings. The van der Waals surface area contributed by atoms with Crippen LogP contribution in [0.25, 0.3) is 0 Å². The molecule has 1 aromatic carbocycles. The van der Waals surface area contributed by atoms with Crippen molar-refractivity contribution in [2.75, 3.05) is 20.8 Å². The highest BCUT2D eigenvalue weighted by Gasteiger charge is 2.15. The number of carbonyl (C=O) groups is 1. The van der Waals surface area contributed by atoms with Crippen LogP contribution in [0, 0.1) is 0 Å². The Labute approximate surface area is 100 Å². The monoisotopic (exact) mass is 239 g/mol. The largest absolute Gasteiger partial charge is 0.497 e. The third-order valence-corrected chi connectivity index (χ3v) is 2.30. The predicted octanol–water partition coefficient (Wildman–Crippen LogP) is 0.814. The second kappa shape index (κ2) is 6.10. The number of nitrogens with one attached hydrogen (secondary N) is 1. The van der Waals surface area contributed by atoms with Crippen molar-refractivity contribution >= 4 is 5.91 Å². The van der Waals surface area contributed by atoms with Crippen LogP contribution in [0.4, 0.5) is 0 Å². The van der Waals surface area contributed by atoms with Crippen molar-refractivity contribution < 1.29 is 19.4 Å². The zero-order chi connectivity index (χ0) is 12.8. The van der Waals surface area contributed by atoms with Crippen LogP contribution in [-0.4, -0.2) is 37.9 Å². The summed E-state index contributed by atoms with van der Waals surface area (Å²) in [5.41, 5.74) is 0.382. The average molecular weight is 239 g/mol. The molecule has 17 heavy (non-hydrogen) atoms. The van der Waals surface area contributed by atoms with Gasteiger partial charge in [0.1, 0.15) is 11.5 Å². The molecular formula is C12H17NO4. The van der Waals surface area contributed by atoms with E-state index in [0.29, 0.717) is 17.1 Å². The second-order valence-electron chi connectivity index (χ2n) is 3.62. The van der Waals surface area contributed by atoms with E-state index in [0.717, 1.165) is 0 Å². The van der Waals surface area contributed by atoms with Gasteiger partial charge in [0.15, 0.2) is 0 Å². The highest BCUT2D eigenvalue weighted by atomic mass is 16.5. The molecule has 0 aromatic heterocycles. The van der Waals surface area contributed by atoms with E-state index in [9.17, 15) is 4.79 Å². The maximum Gasteiger partial charge on any atom is 0.255 e. The van der Waals surface area contributed by atoms with Gasteiger partial charge < -0.3 is 19.9 Å². The first-order valence-electron chi connectivity index (χ1n) is 5.26. The first kappa shape index (κ1) is 13.3. The quantitative estimate of drug-likeness (QED) is 0.798. The summed E-state index contributed by atoms with van der Waals surface area (Å²) in [4.78, 5) is 11.9. The third kappa shape index (κ3) is 3.35. The topological polar surface area (TPSA) is 67.8 Å². The minimum absolute atomic E-state index is 0.113. The molecule has 1 amide bonds. The number of aliphatic hydroxyl groups is 1. The molecule has 5 heteroatoms. The smallest absolute Gasteiger partial charge is 0.255 e. The van der Waals surface area contributed by atoms with E-state index < -0.39 is 0 Å². The van der Waals surface area contributed by atoms with E-state index in [4.69, 9.17) is 14.6 Å². The van der Waals surface area contributed by atoms with Crippen LogP contribution in [0.15, 0.2) is 18.2 Å². The number of methoxy groups -OCH3 is 2. The SMILES string of the molecule is COc1ccc(OC)c(C(=O)N[C@H](C)CO)c1. The zero-order valence-corrected chi connectivity index (χ0v) is 10.2. The molecule has 0 radical (unpaired) electrons. The van der Waals surface area contributed by atoms with E-state index in [1.54, 1.807) is 25.1 Å². The molecule has 0 fully saturated rings. The van der Waals surface area contributed by atoms with Gasteiger partial charge in [-0.25, -0.2) is 0 Å². The lowest BCUT2D eigenvalue weighted by molar-refractivity contribution is 0.0919. The fourth-order valence-electron chi connectivity index (χ4n) is 1.34. The molecule has 0 heterocycles. The number of hydrogen-bond acceptors (Lipinski definition) is 4. The van der Waals surface area contributed by atoms with E-state index in [1.165, 1.54) is 14.2 Å². The Bertz CT molecular complexity index is 392. The van der Waals surface area contributed by atoms with Crippen LogP contribution in [0.2, 0.25) is 0 Å². The standard InChI is InChI=1S/C12H17NO4/c1-8(7-14)13-12(15)10-6-9(16-2)4-5-11(10)17-3/h4-6,8,14H,7H2,1-3H3,(H,13,15)/t8-/m1/s1. The Hall–Kier alpha value is -1.75. The number of ether oxygens (including phenoxy) is 2. The molecule has 1 rings (SSSR count). The van der Waals surface area contributed by atoms with Crippen molar-refractivity contribution in [3.63, 3.8) is 0 Å². The number of amides is 1. The van der Waals surface area contributed by atoms with E-state index in [2.05, 4.69) is 5.32 Å². The maximum absolute atomic E-state index is 11.9. The summed E-state index contributed by atoms with van der Waals surface area (Å²) in [6.45, 7) is 1.60. The molecule has 0 bridgehead atoms. The lowest BCUT2D eigenvalue weighted by atomic mass is 10.1. The molecule has 0 aliphatic heterocycles. The molecule has 0 unspecified atom stereocenters. The van der Waals surface area contributed by atoms with Crippen LogP contribution in [0.1, 0.15) is 17.3 Å². The molecular weight excluding hydrogens is 222 g/mol. The molecule has 0 saturated heterocycles. The van der Waals surface area contributed by atoms with Crippen LogP contribution in [0.5, 0.6) is 11.5 Å². The Balaban J connectivity index is 2.97. The fourth-order valence-corrected chi connectivity index (χ4v) is 1.34. The lowest BCUT2D eigenvalue weighted by Crippen LogP contribution is -2.35. The van der Waals surface area contributed by atoms with Gasteiger partial charge >= 0.3 is 0 Å². The molecule has 94 valence electrons. The Kier molecular flexibility index (Phi) is 4.78. The summed E-state index contributed by atoms with van der Waals surface area (Å²) >= 11 is 0. The van der Waals surface area contributed by atoms with Crippen LogP contribution >= 0.6 is 0 Å². The number of carbonyl (C=O) groups excluding carboxylic acids is 1. The predicted molar refractivity (Wildman–Crippen MR) is 63.6 cm³/mol. The maximum atomic E-state index is 11.9. The van der Waals surface area contributed by atoms with Gasteiger partial charge in [-0.2, -0.15) is 0 Å². The van der Waals surface area contributed by atoms with Crippen molar-refractivity contribution in [2.45, 2.75) is 13.0 Å². The van der Waals surface area contributed by atoms with Gasteiger partial charge in [-0.3, -0.25) is 4.79 Å². The average Bonchev–Trinajstić information content (AvgIpc) is 2.37. The highest BCUT2D eigenvalue weighted by molar-refractivity contribution is 5.97. The molecule has 1 atom stereocenters. The van der Waals surface area contributed by atoms with Crippen molar-refractivity contribution in [3.8, 4) is 11.5 Å². The van der Waals surface area contributed by atoms with Gasteiger partial charge in [-0.1, -0.05) is 0 Å².